The fourth-order valence-corrected chi connectivity index (χ4v) is 3.36. The number of rotatable bonds is 9. The van der Waals surface area contributed by atoms with Gasteiger partial charge in [-0.25, -0.2) is 19.2 Å². The van der Waals surface area contributed by atoms with Gasteiger partial charge in [0, 0.05) is 62.2 Å². The van der Waals surface area contributed by atoms with E-state index in [4.69, 9.17) is 20.4 Å². The zero-order valence-corrected chi connectivity index (χ0v) is 23.0. The normalized spacial score (nSPS) is 13.0. The number of likely N-dealkylation sites (N-methyl/N-ethyl adjacent to an activating group) is 1. The van der Waals surface area contributed by atoms with Crippen LogP contribution in [-0.4, -0.2) is 110 Å². The van der Waals surface area contributed by atoms with Gasteiger partial charge in [0.15, 0.2) is 0 Å². The minimum absolute atomic E-state index is 0. The van der Waals surface area contributed by atoms with Gasteiger partial charge >= 0.3 is 23.9 Å². The maximum absolute atomic E-state index is 13.1. The molecule has 0 saturated carbocycles. The molecule has 0 radical (unpaired) electrons. The maximum atomic E-state index is 13.1. The molecule has 1 fully saturated rings. The van der Waals surface area contributed by atoms with Crippen LogP contribution in [0.25, 0.3) is 0 Å². The van der Waals surface area contributed by atoms with Crippen molar-refractivity contribution in [3.63, 3.8) is 0 Å². The molecule has 2 aromatic carbocycles. The minimum Gasteiger partial charge on any atom is -0.478 e. The summed E-state index contributed by atoms with van der Waals surface area (Å²) in [4.78, 5) is 68.1. The standard InChI is InChI=1S/C19H22N4O3.2C4H4O4.H2O/c1-20-11-13-21(14-12-20)15-19(24)22(16-7-3-2-4-8-16)17-9-5-6-10-18(17)23(25)26;2*5-3(6)1-2-4(7)8;/h2-10H,11-15H2,1H3;2*1-2H,(H,5,6)(H,7,8);1H2/b;2*2-1-;. The van der Waals surface area contributed by atoms with Crippen molar-refractivity contribution in [2.45, 2.75) is 0 Å². The number of hydrogen-bond donors (Lipinski definition) is 4. The van der Waals surface area contributed by atoms with Crippen molar-refractivity contribution in [3.8, 4) is 0 Å². The van der Waals surface area contributed by atoms with Crippen molar-refractivity contribution < 1.29 is 54.8 Å². The molecule has 43 heavy (non-hydrogen) atoms. The fourth-order valence-electron chi connectivity index (χ4n) is 3.36. The summed E-state index contributed by atoms with van der Waals surface area (Å²) in [5, 5.41) is 42.7. The van der Waals surface area contributed by atoms with Crippen LogP contribution in [0.3, 0.4) is 0 Å². The number of carboxylic acids is 4. The molecular formula is C27H32N4O12. The number of nitro benzene ring substituents is 1. The number of amides is 1. The van der Waals surface area contributed by atoms with Crippen LogP contribution in [0, 0.1) is 10.1 Å². The number of carbonyl (C=O) groups excluding carboxylic acids is 1. The molecule has 232 valence electrons. The number of benzene rings is 2. The molecule has 1 amide bonds. The molecule has 1 saturated heterocycles. The maximum Gasteiger partial charge on any atom is 0.328 e. The Bertz CT molecular complexity index is 1240. The second kappa shape index (κ2) is 19.6. The third-order valence-corrected chi connectivity index (χ3v) is 5.27. The summed E-state index contributed by atoms with van der Waals surface area (Å²) in [5.41, 5.74) is 0.840. The number of nitro groups is 1. The highest BCUT2D eigenvalue weighted by Gasteiger charge is 2.27. The molecule has 6 N–H and O–H groups in total. The molecule has 1 heterocycles. The van der Waals surface area contributed by atoms with E-state index in [0.717, 1.165) is 26.2 Å². The molecule has 0 spiro atoms. The molecule has 1 aliphatic heterocycles. The van der Waals surface area contributed by atoms with Crippen LogP contribution in [0.15, 0.2) is 78.9 Å². The first kappa shape index (κ1) is 37.6. The molecular weight excluding hydrogens is 572 g/mol. The van der Waals surface area contributed by atoms with Crippen molar-refractivity contribution in [2.75, 3.05) is 44.7 Å². The fraction of sp³-hybridized carbons (Fsp3) is 0.222. The predicted octanol–water partition coefficient (Wildman–Crippen LogP) is 1.11. The van der Waals surface area contributed by atoms with Gasteiger partial charge in [-0.3, -0.25) is 24.7 Å². The van der Waals surface area contributed by atoms with Crippen molar-refractivity contribution in [1.29, 1.82) is 0 Å². The molecule has 0 unspecified atom stereocenters. The van der Waals surface area contributed by atoms with Gasteiger partial charge in [-0.1, -0.05) is 30.3 Å². The zero-order chi connectivity index (χ0) is 31.7. The van der Waals surface area contributed by atoms with Crippen LogP contribution in [-0.2, 0) is 24.0 Å². The van der Waals surface area contributed by atoms with Crippen molar-refractivity contribution in [1.82, 2.24) is 9.80 Å². The quantitative estimate of drug-likeness (QED) is 0.178. The van der Waals surface area contributed by atoms with Gasteiger partial charge in [0.25, 0.3) is 5.69 Å². The summed E-state index contributed by atoms with van der Waals surface area (Å²) >= 11 is 0. The van der Waals surface area contributed by atoms with Gasteiger partial charge in [-0.15, -0.1) is 0 Å². The van der Waals surface area contributed by atoms with Crippen molar-refractivity contribution in [2.24, 2.45) is 0 Å². The van der Waals surface area contributed by atoms with E-state index in [1.807, 2.05) is 18.2 Å². The Morgan fingerprint density at radius 1 is 0.767 bits per heavy atom. The van der Waals surface area contributed by atoms with E-state index in [-0.39, 0.29) is 23.6 Å². The Morgan fingerprint density at radius 2 is 1.19 bits per heavy atom. The summed E-state index contributed by atoms with van der Waals surface area (Å²) in [6.45, 7) is 3.66. The molecule has 1 aliphatic rings. The lowest BCUT2D eigenvalue weighted by molar-refractivity contribution is -0.384. The average Bonchev–Trinajstić information content (AvgIpc) is 2.94. The number of para-hydroxylation sites is 3. The molecule has 2 aromatic rings. The number of hydrogen-bond acceptors (Lipinski definition) is 9. The van der Waals surface area contributed by atoms with Crippen LogP contribution in [0.2, 0.25) is 0 Å². The third kappa shape index (κ3) is 15.2. The molecule has 0 aromatic heterocycles. The number of aliphatic carboxylic acids is 4. The Hall–Kier alpha value is -5.45. The zero-order valence-electron chi connectivity index (χ0n) is 23.0. The van der Waals surface area contributed by atoms with Crippen molar-refractivity contribution >= 4 is 46.8 Å². The van der Waals surface area contributed by atoms with Crippen molar-refractivity contribution in [3.05, 3.63) is 89.0 Å². The van der Waals surface area contributed by atoms with E-state index in [2.05, 4.69) is 16.8 Å². The van der Waals surface area contributed by atoms with E-state index < -0.39 is 28.8 Å². The highest BCUT2D eigenvalue weighted by Crippen LogP contribution is 2.33. The van der Waals surface area contributed by atoms with Crippen LogP contribution >= 0.6 is 0 Å². The molecule has 0 atom stereocenters. The number of anilines is 2. The van der Waals surface area contributed by atoms with Gasteiger partial charge in [0.05, 0.1) is 11.5 Å². The first-order chi connectivity index (χ1) is 19.8. The van der Waals surface area contributed by atoms with Gasteiger partial charge in [0.1, 0.15) is 5.69 Å². The number of carbonyl (C=O) groups is 5. The van der Waals surface area contributed by atoms with E-state index in [1.165, 1.54) is 11.0 Å². The summed E-state index contributed by atoms with van der Waals surface area (Å²) in [6.07, 6.45) is 2.23. The van der Waals surface area contributed by atoms with Crippen LogP contribution < -0.4 is 4.90 Å². The van der Waals surface area contributed by atoms with Crippen LogP contribution in [0.1, 0.15) is 0 Å². The average molecular weight is 605 g/mol. The number of piperazine rings is 1. The van der Waals surface area contributed by atoms with E-state index in [1.54, 1.807) is 30.3 Å². The largest absolute Gasteiger partial charge is 0.478 e. The van der Waals surface area contributed by atoms with Gasteiger partial charge in [0.2, 0.25) is 5.91 Å². The van der Waals surface area contributed by atoms with Gasteiger partial charge < -0.3 is 30.8 Å². The SMILES string of the molecule is CN1CCN(CC(=O)N(c2ccccc2)c2ccccc2[N+](=O)[O-])CC1.O.O=C(O)/C=C\C(=O)O.O=C(O)/C=C\C(=O)O. The van der Waals surface area contributed by atoms with Gasteiger partial charge in [-0.05, 0) is 25.2 Å². The first-order valence-corrected chi connectivity index (χ1v) is 12.1. The lowest BCUT2D eigenvalue weighted by Crippen LogP contribution is -2.48. The summed E-state index contributed by atoms with van der Waals surface area (Å²) in [6, 6.07) is 15.4. The Morgan fingerprint density at radius 3 is 1.60 bits per heavy atom. The topological polar surface area (TPSA) is 251 Å². The Kier molecular flexibility index (Phi) is 17.1. The summed E-state index contributed by atoms with van der Waals surface area (Å²) in [5.74, 6) is -5.20. The smallest absolute Gasteiger partial charge is 0.328 e. The lowest BCUT2D eigenvalue weighted by atomic mass is 10.2. The van der Waals surface area contributed by atoms with E-state index in [0.29, 0.717) is 35.7 Å². The molecule has 0 aliphatic carbocycles. The number of carboxylic acid groups (broad SMARTS) is 4. The van der Waals surface area contributed by atoms with Crippen LogP contribution in [0.5, 0.6) is 0 Å². The van der Waals surface area contributed by atoms with E-state index >= 15 is 0 Å². The lowest BCUT2D eigenvalue weighted by Gasteiger charge is -2.33. The highest BCUT2D eigenvalue weighted by atomic mass is 16.6. The summed E-state index contributed by atoms with van der Waals surface area (Å²) in [7, 11) is 2.06. The highest BCUT2D eigenvalue weighted by molar-refractivity contribution is 6.03. The minimum atomic E-state index is -1.26. The second-order valence-electron chi connectivity index (χ2n) is 8.41. The molecule has 16 nitrogen and oxygen atoms in total. The number of nitrogens with zero attached hydrogens (tertiary/aromatic N) is 4. The Labute approximate surface area is 245 Å². The first-order valence-electron chi connectivity index (χ1n) is 12.1. The van der Waals surface area contributed by atoms with Crippen LogP contribution in [0.4, 0.5) is 17.1 Å². The molecule has 3 rings (SSSR count). The van der Waals surface area contributed by atoms with Gasteiger partial charge in [-0.2, -0.15) is 0 Å². The Balaban J connectivity index is 0.000000860. The predicted molar refractivity (Wildman–Crippen MR) is 153 cm³/mol. The second-order valence-corrected chi connectivity index (χ2v) is 8.41. The summed E-state index contributed by atoms with van der Waals surface area (Å²) < 4.78 is 0. The molecule has 0 bridgehead atoms. The third-order valence-electron chi connectivity index (χ3n) is 5.27. The molecule has 16 heteroatoms. The monoisotopic (exact) mass is 604 g/mol. The van der Waals surface area contributed by atoms with E-state index in [9.17, 15) is 34.1 Å².